The van der Waals surface area contributed by atoms with Crippen molar-refractivity contribution in [3.63, 3.8) is 0 Å². The molecule has 5 heteroatoms. The van der Waals surface area contributed by atoms with Gasteiger partial charge >= 0.3 is 5.69 Å². The van der Waals surface area contributed by atoms with E-state index in [4.69, 9.17) is 5.73 Å². The van der Waals surface area contributed by atoms with Crippen molar-refractivity contribution in [2.45, 2.75) is 13.5 Å². The lowest BCUT2D eigenvalue weighted by Gasteiger charge is -2.03. The number of aryl methyl sites for hydroxylation is 1. The number of nitro benzene ring substituents is 1. The monoisotopic (exact) mass is 255 g/mol. The van der Waals surface area contributed by atoms with Crippen molar-refractivity contribution < 1.29 is 4.92 Å². The number of fused-ring (bicyclic) bond motifs is 3. The lowest BCUT2D eigenvalue weighted by atomic mass is 10.1. The van der Waals surface area contributed by atoms with Gasteiger partial charge in [-0.3, -0.25) is 10.1 Å². The van der Waals surface area contributed by atoms with Crippen molar-refractivity contribution in [3.8, 4) is 0 Å². The van der Waals surface area contributed by atoms with E-state index >= 15 is 0 Å². The second-order valence-electron chi connectivity index (χ2n) is 4.42. The molecule has 2 N–H and O–H groups in total. The first-order chi connectivity index (χ1) is 9.15. The van der Waals surface area contributed by atoms with Gasteiger partial charge in [0, 0.05) is 17.4 Å². The second kappa shape index (κ2) is 3.98. The van der Waals surface area contributed by atoms with Gasteiger partial charge in [-0.2, -0.15) is 0 Å². The van der Waals surface area contributed by atoms with Crippen LogP contribution in [0.3, 0.4) is 0 Å². The summed E-state index contributed by atoms with van der Waals surface area (Å²) in [6, 6.07) is 11.1. The smallest absolute Gasteiger partial charge is 0.302 e. The Labute approximate surface area is 109 Å². The molecule has 0 saturated heterocycles. The molecule has 1 heterocycles. The Kier molecular flexibility index (Phi) is 2.41. The van der Waals surface area contributed by atoms with Gasteiger partial charge in [-0.15, -0.1) is 0 Å². The lowest BCUT2D eigenvalue weighted by molar-refractivity contribution is -0.382. The molecule has 3 rings (SSSR count). The van der Waals surface area contributed by atoms with Crippen LogP contribution >= 0.6 is 0 Å². The first kappa shape index (κ1) is 11.5. The molecule has 0 atom stereocenters. The van der Waals surface area contributed by atoms with E-state index in [1.54, 1.807) is 6.07 Å². The largest absolute Gasteiger partial charge is 0.393 e. The third-order valence-electron chi connectivity index (χ3n) is 3.44. The van der Waals surface area contributed by atoms with Gasteiger partial charge in [0.15, 0.2) is 0 Å². The molecule has 0 saturated carbocycles. The third-order valence-corrected chi connectivity index (χ3v) is 3.44. The zero-order valence-electron chi connectivity index (χ0n) is 10.5. The molecule has 0 amide bonds. The fourth-order valence-corrected chi connectivity index (χ4v) is 2.67. The Morgan fingerprint density at radius 3 is 2.63 bits per heavy atom. The van der Waals surface area contributed by atoms with Crippen LogP contribution in [0.1, 0.15) is 6.92 Å². The van der Waals surface area contributed by atoms with Crippen molar-refractivity contribution in [1.82, 2.24) is 4.57 Å². The van der Waals surface area contributed by atoms with Crippen molar-refractivity contribution >= 4 is 33.2 Å². The van der Waals surface area contributed by atoms with Gasteiger partial charge in [0.2, 0.25) is 0 Å². The molecular formula is C14H13N3O2. The topological polar surface area (TPSA) is 74.1 Å². The Morgan fingerprint density at radius 1 is 1.21 bits per heavy atom. The van der Waals surface area contributed by atoms with Crippen LogP contribution in [0.5, 0.6) is 0 Å². The Morgan fingerprint density at radius 2 is 1.95 bits per heavy atom. The molecule has 0 spiro atoms. The molecule has 19 heavy (non-hydrogen) atoms. The van der Waals surface area contributed by atoms with Crippen molar-refractivity contribution in [2.75, 3.05) is 5.73 Å². The summed E-state index contributed by atoms with van der Waals surface area (Å²) in [6.07, 6.45) is 0. The first-order valence-corrected chi connectivity index (χ1v) is 6.09. The summed E-state index contributed by atoms with van der Waals surface area (Å²) < 4.78 is 2.07. The number of para-hydroxylation sites is 1. The highest BCUT2D eigenvalue weighted by Crippen LogP contribution is 2.38. The first-order valence-electron chi connectivity index (χ1n) is 6.09. The normalized spacial score (nSPS) is 11.2. The van der Waals surface area contributed by atoms with E-state index in [9.17, 15) is 10.1 Å². The Bertz CT molecular complexity index is 805. The maximum Gasteiger partial charge on any atom is 0.302 e. The molecule has 2 aromatic carbocycles. The van der Waals surface area contributed by atoms with Crippen LogP contribution in [-0.4, -0.2) is 9.49 Å². The molecule has 3 aromatic rings. The highest BCUT2D eigenvalue weighted by atomic mass is 16.6. The van der Waals surface area contributed by atoms with E-state index in [1.165, 1.54) is 0 Å². The molecule has 96 valence electrons. The lowest BCUT2D eigenvalue weighted by Crippen LogP contribution is -1.97. The molecule has 0 aliphatic carbocycles. The predicted molar refractivity (Wildman–Crippen MR) is 76.2 cm³/mol. The molecule has 0 bridgehead atoms. The van der Waals surface area contributed by atoms with Gasteiger partial charge in [0.1, 0.15) is 5.69 Å². The van der Waals surface area contributed by atoms with Crippen molar-refractivity contribution in [1.29, 1.82) is 0 Å². The van der Waals surface area contributed by atoms with E-state index in [-0.39, 0.29) is 11.4 Å². The predicted octanol–water partition coefficient (Wildman–Crippen LogP) is 3.30. The van der Waals surface area contributed by atoms with Gasteiger partial charge in [0.25, 0.3) is 0 Å². The van der Waals surface area contributed by atoms with Gasteiger partial charge in [-0.25, -0.2) is 0 Å². The quantitative estimate of drug-likeness (QED) is 0.433. The summed E-state index contributed by atoms with van der Waals surface area (Å²) in [5, 5.41) is 12.8. The average molecular weight is 255 g/mol. The number of nitrogen functional groups attached to an aromatic ring is 1. The van der Waals surface area contributed by atoms with Gasteiger partial charge < -0.3 is 10.3 Å². The molecule has 0 aliphatic rings. The minimum Gasteiger partial charge on any atom is -0.393 e. The number of nitro groups is 1. The van der Waals surface area contributed by atoms with Crippen LogP contribution in [-0.2, 0) is 6.54 Å². The van der Waals surface area contributed by atoms with Crippen molar-refractivity contribution in [2.24, 2.45) is 0 Å². The minimum absolute atomic E-state index is 0.000833. The number of anilines is 1. The Hall–Kier alpha value is -2.56. The van der Waals surface area contributed by atoms with Crippen LogP contribution in [0.4, 0.5) is 11.4 Å². The Balaban J connectivity index is 2.63. The fraction of sp³-hybridized carbons (Fsp3) is 0.143. The molecule has 0 fully saturated rings. The van der Waals surface area contributed by atoms with Gasteiger partial charge in [-0.1, -0.05) is 18.2 Å². The van der Waals surface area contributed by atoms with E-state index in [0.29, 0.717) is 5.39 Å². The van der Waals surface area contributed by atoms with Crippen molar-refractivity contribution in [3.05, 3.63) is 46.5 Å². The molecule has 0 unspecified atom stereocenters. The number of nitrogens with zero attached hydrogens (tertiary/aromatic N) is 2. The SMILES string of the molecule is CCn1c2ccccc2c2c([N+](=O)[O-])c(N)ccc21. The standard InChI is InChI=1S/C14H13N3O2/c1-2-16-11-6-4-3-5-9(11)13-12(16)8-7-10(15)14(13)17(18)19/h3-8H,2,15H2,1H3. The van der Waals surface area contributed by atoms with E-state index in [2.05, 4.69) is 4.57 Å². The van der Waals surface area contributed by atoms with Crippen LogP contribution < -0.4 is 5.73 Å². The number of hydrogen-bond donors (Lipinski definition) is 1. The number of benzene rings is 2. The molecular weight excluding hydrogens is 242 g/mol. The van der Waals surface area contributed by atoms with E-state index < -0.39 is 4.92 Å². The maximum absolute atomic E-state index is 11.3. The highest BCUT2D eigenvalue weighted by Gasteiger charge is 2.22. The zero-order valence-corrected chi connectivity index (χ0v) is 10.5. The summed E-state index contributed by atoms with van der Waals surface area (Å²) in [5.41, 5.74) is 7.83. The zero-order chi connectivity index (χ0) is 13.6. The van der Waals surface area contributed by atoms with E-state index in [1.807, 2.05) is 37.3 Å². The number of nitrogens with two attached hydrogens (primary N) is 1. The van der Waals surface area contributed by atoms with Crippen LogP contribution in [0.25, 0.3) is 21.8 Å². The highest BCUT2D eigenvalue weighted by molar-refractivity contribution is 6.14. The molecule has 0 radical (unpaired) electrons. The summed E-state index contributed by atoms with van der Waals surface area (Å²) in [6.45, 7) is 2.78. The minimum atomic E-state index is -0.399. The maximum atomic E-state index is 11.3. The van der Waals surface area contributed by atoms with Crippen LogP contribution in [0.2, 0.25) is 0 Å². The molecule has 0 aliphatic heterocycles. The van der Waals surface area contributed by atoms with Gasteiger partial charge in [0.05, 0.1) is 15.8 Å². The van der Waals surface area contributed by atoms with E-state index in [0.717, 1.165) is 23.0 Å². The summed E-state index contributed by atoms with van der Waals surface area (Å²) in [4.78, 5) is 10.9. The van der Waals surface area contributed by atoms with Crippen LogP contribution in [0.15, 0.2) is 36.4 Å². The van der Waals surface area contributed by atoms with Gasteiger partial charge in [-0.05, 0) is 25.1 Å². The molecule has 1 aromatic heterocycles. The summed E-state index contributed by atoms with van der Waals surface area (Å²) >= 11 is 0. The average Bonchev–Trinajstić information content (AvgIpc) is 2.72. The number of rotatable bonds is 2. The molecule has 5 nitrogen and oxygen atoms in total. The van der Waals surface area contributed by atoms with Crippen LogP contribution in [0, 0.1) is 10.1 Å². The third kappa shape index (κ3) is 1.48. The summed E-state index contributed by atoms with van der Waals surface area (Å²) in [7, 11) is 0. The fourth-order valence-electron chi connectivity index (χ4n) is 2.67. The number of hydrogen-bond acceptors (Lipinski definition) is 3. The summed E-state index contributed by atoms with van der Waals surface area (Å²) in [5.74, 6) is 0. The second-order valence-corrected chi connectivity index (χ2v) is 4.42. The number of aromatic nitrogens is 1.